The Morgan fingerprint density at radius 1 is 1.41 bits per heavy atom. The van der Waals surface area contributed by atoms with Gasteiger partial charge >= 0.3 is 0 Å². The molecule has 1 heterocycles. The summed E-state index contributed by atoms with van der Waals surface area (Å²) in [5.41, 5.74) is 4.01. The molecule has 120 valence electrons. The highest BCUT2D eigenvalue weighted by Gasteiger charge is 2.44. The number of aliphatic hydroxyl groups is 2. The molecule has 0 aliphatic heterocycles. The molecule has 2 aromatic rings. The van der Waals surface area contributed by atoms with E-state index in [2.05, 4.69) is 10.1 Å². The molecule has 2 rings (SSSR count). The third-order valence-corrected chi connectivity index (χ3v) is 3.85. The quantitative estimate of drug-likeness (QED) is 0.737. The van der Waals surface area contributed by atoms with Crippen molar-refractivity contribution in [2.45, 2.75) is 25.1 Å². The number of hydrogen-bond acceptors (Lipinski definition) is 5. The van der Waals surface area contributed by atoms with E-state index in [-0.39, 0.29) is 18.6 Å². The van der Waals surface area contributed by atoms with Gasteiger partial charge in [0.05, 0.1) is 0 Å². The molecule has 6 nitrogen and oxygen atoms in total. The van der Waals surface area contributed by atoms with Gasteiger partial charge in [-0.05, 0) is 18.4 Å². The van der Waals surface area contributed by atoms with Crippen LogP contribution in [-0.2, 0) is 5.60 Å². The van der Waals surface area contributed by atoms with E-state index in [0.717, 1.165) is 12.1 Å². The molecule has 0 saturated heterocycles. The van der Waals surface area contributed by atoms with E-state index < -0.39 is 29.3 Å². The standard InChI is InChI=1S/C14H18F2N4O2/c1-9(4-5-21)14(22,13(17)20-8-18-7-19-20)11-3-2-10(15)6-12(11)16/h2-3,6-9,13,21-22H,4-5,17H2,1H3/t9-,13?,14-/m1/s1. The van der Waals surface area contributed by atoms with Gasteiger partial charge in [0.25, 0.3) is 0 Å². The fourth-order valence-electron chi connectivity index (χ4n) is 2.51. The lowest BCUT2D eigenvalue weighted by atomic mass is 9.78. The topological polar surface area (TPSA) is 97.2 Å². The Kier molecular flexibility index (Phi) is 4.84. The number of halogens is 2. The monoisotopic (exact) mass is 312 g/mol. The van der Waals surface area contributed by atoms with Crippen LogP contribution in [0.4, 0.5) is 8.78 Å². The number of aromatic nitrogens is 3. The molecule has 0 saturated carbocycles. The second-order valence-electron chi connectivity index (χ2n) is 5.18. The van der Waals surface area contributed by atoms with Crippen LogP contribution in [0, 0.1) is 17.6 Å². The lowest BCUT2D eigenvalue weighted by Gasteiger charge is -2.39. The third kappa shape index (κ3) is 2.85. The predicted octanol–water partition coefficient (Wildman–Crippen LogP) is 0.920. The first kappa shape index (κ1) is 16.5. The van der Waals surface area contributed by atoms with Crippen LogP contribution in [0.5, 0.6) is 0 Å². The number of hydrogen-bond donors (Lipinski definition) is 3. The molecule has 0 amide bonds. The second kappa shape index (κ2) is 6.47. The minimum Gasteiger partial charge on any atom is -0.396 e. The van der Waals surface area contributed by atoms with Crippen molar-refractivity contribution in [3.05, 3.63) is 48.1 Å². The fourth-order valence-corrected chi connectivity index (χ4v) is 2.51. The summed E-state index contributed by atoms with van der Waals surface area (Å²) >= 11 is 0. The summed E-state index contributed by atoms with van der Waals surface area (Å²) in [6, 6.07) is 2.87. The minimum absolute atomic E-state index is 0.155. The van der Waals surface area contributed by atoms with Crippen molar-refractivity contribution in [1.29, 1.82) is 0 Å². The minimum atomic E-state index is -1.89. The van der Waals surface area contributed by atoms with E-state index >= 15 is 0 Å². The first-order valence-electron chi connectivity index (χ1n) is 6.79. The number of benzene rings is 1. The largest absolute Gasteiger partial charge is 0.396 e. The van der Waals surface area contributed by atoms with Crippen LogP contribution < -0.4 is 5.73 Å². The summed E-state index contributed by atoms with van der Waals surface area (Å²) < 4.78 is 28.5. The van der Waals surface area contributed by atoms with Crippen molar-refractivity contribution >= 4 is 0 Å². The molecular weight excluding hydrogens is 294 g/mol. The first-order chi connectivity index (χ1) is 10.4. The summed E-state index contributed by atoms with van der Waals surface area (Å²) in [5, 5.41) is 24.1. The summed E-state index contributed by atoms with van der Waals surface area (Å²) in [4.78, 5) is 3.75. The Bertz CT molecular complexity index is 623. The summed E-state index contributed by atoms with van der Waals surface area (Å²) in [6.07, 6.45) is 1.55. The Balaban J connectivity index is 2.54. The molecule has 1 aromatic carbocycles. The average Bonchev–Trinajstić information content (AvgIpc) is 3.00. The SMILES string of the molecule is C[C@H](CCO)[C@@](O)(c1ccc(F)cc1F)C(N)n1cncn1. The molecule has 0 aliphatic carbocycles. The molecule has 0 fully saturated rings. The van der Waals surface area contributed by atoms with E-state index in [1.54, 1.807) is 6.92 Å². The smallest absolute Gasteiger partial charge is 0.137 e. The summed E-state index contributed by atoms with van der Waals surface area (Å²) in [5.74, 6) is -2.28. The molecule has 0 bridgehead atoms. The molecule has 1 aromatic heterocycles. The lowest BCUT2D eigenvalue weighted by Crippen LogP contribution is -2.48. The van der Waals surface area contributed by atoms with Gasteiger partial charge in [-0.25, -0.2) is 18.4 Å². The molecule has 22 heavy (non-hydrogen) atoms. The van der Waals surface area contributed by atoms with Crippen molar-refractivity contribution in [3.63, 3.8) is 0 Å². The van der Waals surface area contributed by atoms with Crippen LogP contribution in [0.2, 0.25) is 0 Å². The van der Waals surface area contributed by atoms with Crippen molar-refractivity contribution in [1.82, 2.24) is 14.8 Å². The maximum absolute atomic E-state index is 14.2. The Hall–Kier alpha value is -1.90. The van der Waals surface area contributed by atoms with E-state index in [4.69, 9.17) is 10.8 Å². The zero-order valence-electron chi connectivity index (χ0n) is 12.0. The maximum Gasteiger partial charge on any atom is 0.137 e. The van der Waals surface area contributed by atoms with Crippen molar-refractivity contribution in [2.75, 3.05) is 6.61 Å². The van der Waals surface area contributed by atoms with Crippen LogP contribution in [-0.4, -0.2) is 31.6 Å². The van der Waals surface area contributed by atoms with Gasteiger partial charge in [0, 0.05) is 18.2 Å². The van der Waals surface area contributed by atoms with Gasteiger partial charge in [-0.15, -0.1) is 0 Å². The number of nitrogens with two attached hydrogens (primary N) is 1. The van der Waals surface area contributed by atoms with E-state index in [9.17, 15) is 13.9 Å². The number of nitrogens with zero attached hydrogens (tertiary/aromatic N) is 3. The van der Waals surface area contributed by atoms with E-state index in [1.165, 1.54) is 17.3 Å². The normalized spacial score (nSPS) is 17.0. The fraction of sp³-hybridized carbons (Fsp3) is 0.429. The van der Waals surface area contributed by atoms with Gasteiger partial charge in [0.2, 0.25) is 0 Å². The Morgan fingerprint density at radius 2 is 2.14 bits per heavy atom. The van der Waals surface area contributed by atoms with Gasteiger partial charge in [-0.1, -0.05) is 13.0 Å². The molecule has 4 N–H and O–H groups in total. The zero-order chi connectivity index (χ0) is 16.3. The molecule has 1 unspecified atom stereocenters. The summed E-state index contributed by atoms with van der Waals surface area (Å²) in [7, 11) is 0. The molecule has 0 radical (unpaired) electrons. The molecule has 8 heteroatoms. The maximum atomic E-state index is 14.2. The average molecular weight is 312 g/mol. The number of aliphatic hydroxyl groups excluding tert-OH is 1. The number of rotatable bonds is 6. The van der Waals surface area contributed by atoms with Crippen LogP contribution in [0.15, 0.2) is 30.9 Å². The predicted molar refractivity (Wildman–Crippen MR) is 74.4 cm³/mol. The zero-order valence-corrected chi connectivity index (χ0v) is 12.0. The Morgan fingerprint density at radius 3 is 2.68 bits per heavy atom. The molecule has 0 aliphatic rings. The van der Waals surface area contributed by atoms with Gasteiger partial charge in [-0.2, -0.15) is 5.10 Å². The molecular formula is C14H18F2N4O2. The van der Waals surface area contributed by atoms with Gasteiger partial charge in [0.1, 0.15) is 36.1 Å². The first-order valence-corrected chi connectivity index (χ1v) is 6.79. The highest BCUT2D eigenvalue weighted by molar-refractivity contribution is 5.27. The van der Waals surface area contributed by atoms with Gasteiger partial charge < -0.3 is 15.9 Å². The molecule has 0 spiro atoms. The lowest BCUT2D eigenvalue weighted by molar-refractivity contribution is -0.0757. The van der Waals surface area contributed by atoms with E-state index in [1.807, 2.05) is 0 Å². The summed E-state index contributed by atoms with van der Waals surface area (Å²) in [6.45, 7) is 1.41. The van der Waals surface area contributed by atoms with E-state index in [0.29, 0.717) is 6.07 Å². The molecule has 3 atom stereocenters. The highest BCUT2D eigenvalue weighted by atomic mass is 19.1. The van der Waals surface area contributed by atoms with Crippen molar-refractivity contribution in [2.24, 2.45) is 11.7 Å². The Labute approximate surface area is 126 Å². The highest BCUT2D eigenvalue weighted by Crippen LogP contribution is 2.39. The van der Waals surface area contributed by atoms with Gasteiger partial charge in [0.15, 0.2) is 0 Å². The second-order valence-corrected chi connectivity index (χ2v) is 5.18. The van der Waals surface area contributed by atoms with Crippen LogP contribution in [0.1, 0.15) is 25.1 Å². The van der Waals surface area contributed by atoms with Crippen molar-refractivity contribution in [3.8, 4) is 0 Å². The van der Waals surface area contributed by atoms with Crippen LogP contribution in [0.25, 0.3) is 0 Å². The van der Waals surface area contributed by atoms with Crippen LogP contribution >= 0.6 is 0 Å². The third-order valence-electron chi connectivity index (χ3n) is 3.85. The van der Waals surface area contributed by atoms with Gasteiger partial charge in [-0.3, -0.25) is 0 Å². The van der Waals surface area contributed by atoms with Crippen molar-refractivity contribution < 1.29 is 19.0 Å². The van der Waals surface area contributed by atoms with Crippen LogP contribution in [0.3, 0.4) is 0 Å².